The molecule has 0 N–H and O–H groups in total. The van der Waals surface area contributed by atoms with E-state index in [-0.39, 0.29) is 11.3 Å². The van der Waals surface area contributed by atoms with E-state index in [1.165, 1.54) is 6.92 Å². The van der Waals surface area contributed by atoms with Crippen LogP contribution in [-0.4, -0.2) is 25.2 Å². The summed E-state index contributed by atoms with van der Waals surface area (Å²) >= 11 is 0. The summed E-state index contributed by atoms with van der Waals surface area (Å²) < 4.78 is 58.3. The molecule has 0 amide bonds. The van der Waals surface area contributed by atoms with Gasteiger partial charge in [0.15, 0.2) is 5.78 Å². The van der Waals surface area contributed by atoms with Crippen LogP contribution < -0.4 is 0 Å². The van der Waals surface area contributed by atoms with Gasteiger partial charge < -0.3 is 0 Å². The quantitative estimate of drug-likeness (QED) is 0.624. The topological polar surface area (TPSA) is 68.3 Å². The van der Waals surface area contributed by atoms with Crippen LogP contribution in [0.25, 0.3) is 0 Å². The Hall–Kier alpha value is -1.70. The molecule has 1 aromatic rings. The second-order valence-corrected chi connectivity index (χ2v) is 4.81. The van der Waals surface area contributed by atoms with Gasteiger partial charge in [0.05, 0.1) is 0 Å². The molecule has 0 aromatic heterocycles. The highest BCUT2D eigenvalue weighted by Crippen LogP contribution is 2.28. The summed E-state index contributed by atoms with van der Waals surface area (Å²) in [6.45, 7) is 1.22. The third-order valence-electron chi connectivity index (χ3n) is 2.12. The SMILES string of the molecule is CC(=O)c1ccc(C(=O)C(F)(F)S(=O)(=O)F)cc1. The van der Waals surface area contributed by atoms with Gasteiger partial charge in [0.25, 0.3) is 5.78 Å². The Morgan fingerprint density at radius 2 is 1.44 bits per heavy atom. The van der Waals surface area contributed by atoms with Gasteiger partial charge in [-0.25, -0.2) is 0 Å². The molecule has 0 atom stereocenters. The minimum absolute atomic E-state index is 0.151. The van der Waals surface area contributed by atoms with Gasteiger partial charge in [-0.05, 0) is 6.92 Å². The molecule has 4 nitrogen and oxygen atoms in total. The van der Waals surface area contributed by atoms with Crippen molar-refractivity contribution >= 4 is 21.8 Å². The summed E-state index contributed by atoms with van der Waals surface area (Å²) in [7, 11) is -6.33. The highest BCUT2D eigenvalue weighted by Gasteiger charge is 2.53. The largest absolute Gasteiger partial charge is 0.435 e. The minimum Gasteiger partial charge on any atom is -0.295 e. The normalized spacial score (nSPS) is 12.2. The minimum atomic E-state index is -6.33. The van der Waals surface area contributed by atoms with Gasteiger partial charge in [-0.2, -0.15) is 17.2 Å². The monoisotopic (exact) mass is 280 g/mol. The van der Waals surface area contributed by atoms with Crippen molar-refractivity contribution in [1.29, 1.82) is 0 Å². The molecular weight excluding hydrogens is 273 g/mol. The average Bonchev–Trinajstić information content (AvgIpc) is 2.26. The molecule has 18 heavy (non-hydrogen) atoms. The van der Waals surface area contributed by atoms with E-state index in [4.69, 9.17) is 0 Å². The molecule has 1 rings (SSSR count). The second kappa shape index (κ2) is 4.52. The van der Waals surface area contributed by atoms with Crippen molar-refractivity contribution in [1.82, 2.24) is 0 Å². The lowest BCUT2D eigenvalue weighted by Crippen LogP contribution is -2.35. The standard InChI is InChI=1S/C10H7F3O4S/c1-6(14)7-2-4-8(5-3-7)9(15)10(11,12)18(13,16)17/h2-5H,1H3. The predicted molar refractivity (Wildman–Crippen MR) is 55.8 cm³/mol. The average molecular weight is 280 g/mol. The van der Waals surface area contributed by atoms with Crippen molar-refractivity contribution in [2.75, 3.05) is 0 Å². The zero-order valence-electron chi connectivity index (χ0n) is 8.98. The molecule has 0 unspecified atom stereocenters. The van der Waals surface area contributed by atoms with Crippen molar-refractivity contribution in [3.63, 3.8) is 0 Å². The molecule has 1 aromatic carbocycles. The molecule has 0 spiro atoms. The molecule has 0 aliphatic carbocycles. The Bertz CT molecular complexity index is 590. The molecule has 0 saturated heterocycles. The molecule has 98 valence electrons. The van der Waals surface area contributed by atoms with Crippen LogP contribution in [0.4, 0.5) is 12.7 Å². The zero-order chi connectivity index (χ0) is 14.1. The maximum absolute atomic E-state index is 12.9. The Morgan fingerprint density at radius 1 is 1.06 bits per heavy atom. The Kier molecular flexibility index (Phi) is 3.61. The fraction of sp³-hybridized carbons (Fsp3) is 0.200. The van der Waals surface area contributed by atoms with Crippen molar-refractivity contribution in [2.45, 2.75) is 12.2 Å². The van der Waals surface area contributed by atoms with E-state index in [0.29, 0.717) is 0 Å². The molecule has 0 aliphatic rings. The van der Waals surface area contributed by atoms with E-state index in [1.807, 2.05) is 0 Å². The summed E-state index contributed by atoms with van der Waals surface area (Å²) in [5.41, 5.74) is -0.552. The van der Waals surface area contributed by atoms with Gasteiger partial charge in [-0.3, -0.25) is 9.59 Å². The highest BCUT2D eigenvalue weighted by atomic mass is 32.3. The van der Waals surface area contributed by atoms with Crippen LogP contribution in [0.2, 0.25) is 0 Å². The fourth-order valence-corrected chi connectivity index (χ4v) is 1.47. The van der Waals surface area contributed by atoms with Crippen LogP contribution in [0, 0.1) is 0 Å². The van der Waals surface area contributed by atoms with Crippen molar-refractivity contribution in [2.24, 2.45) is 0 Å². The van der Waals surface area contributed by atoms with Gasteiger partial charge in [0, 0.05) is 11.1 Å². The van der Waals surface area contributed by atoms with Crippen molar-refractivity contribution < 1.29 is 30.7 Å². The van der Waals surface area contributed by atoms with E-state index in [0.717, 1.165) is 24.3 Å². The summed E-state index contributed by atoms with van der Waals surface area (Å²) in [6.07, 6.45) is 0. The van der Waals surface area contributed by atoms with Crippen LogP contribution in [0.1, 0.15) is 27.6 Å². The Morgan fingerprint density at radius 3 is 1.78 bits per heavy atom. The van der Waals surface area contributed by atoms with Crippen LogP contribution >= 0.6 is 0 Å². The summed E-state index contributed by atoms with van der Waals surface area (Å²) in [4.78, 5) is 22.0. The van der Waals surface area contributed by atoms with Gasteiger partial charge >= 0.3 is 15.5 Å². The molecular formula is C10H7F3O4S. The number of ketones is 2. The Labute approximate surface area is 101 Å². The molecule has 0 aliphatic heterocycles. The number of carbonyl (C=O) groups is 2. The lowest BCUT2D eigenvalue weighted by atomic mass is 10.1. The first-order valence-corrected chi connectivity index (χ1v) is 5.93. The fourth-order valence-electron chi connectivity index (χ4n) is 1.14. The number of halogens is 3. The number of alkyl halides is 2. The second-order valence-electron chi connectivity index (χ2n) is 3.42. The lowest BCUT2D eigenvalue weighted by Gasteiger charge is -2.10. The van der Waals surface area contributed by atoms with Gasteiger partial charge in [-0.1, -0.05) is 28.2 Å². The van der Waals surface area contributed by atoms with Crippen LogP contribution in [0.15, 0.2) is 24.3 Å². The lowest BCUT2D eigenvalue weighted by molar-refractivity contribution is 0.0508. The van der Waals surface area contributed by atoms with Crippen LogP contribution in [0.3, 0.4) is 0 Å². The number of carbonyl (C=O) groups excluding carboxylic acids is 2. The first-order valence-electron chi connectivity index (χ1n) is 4.55. The van der Waals surface area contributed by atoms with Crippen molar-refractivity contribution in [3.8, 4) is 0 Å². The van der Waals surface area contributed by atoms with Gasteiger partial charge in [0.1, 0.15) is 0 Å². The van der Waals surface area contributed by atoms with E-state index in [9.17, 15) is 30.7 Å². The maximum Gasteiger partial charge on any atom is 0.435 e. The molecule has 0 heterocycles. The molecule has 8 heteroatoms. The third-order valence-corrected chi connectivity index (χ3v) is 2.92. The van der Waals surface area contributed by atoms with Crippen LogP contribution in [-0.2, 0) is 10.2 Å². The summed E-state index contributed by atoms with van der Waals surface area (Å²) in [6, 6.07) is 3.79. The molecule has 0 radical (unpaired) electrons. The zero-order valence-corrected chi connectivity index (χ0v) is 9.80. The van der Waals surface area contributed by atoms with Gasteiger partial charge in [0.2, 0.25) is 0 Å². The first-order chi connectivity index (χ1) is 8.07. The maximum atomic E-state index is 12.9. The van der Waals surface area contributed by atoms with E-state index in [2.05, 4.69) is 0 Å². The Balaban J connectivity index is 3.17. The van der Waals surface area contributed by atoms with Crippen molar-refractivity contribution in [3.05, 3.63) is 35.4 Å². The summed E-state index contributed by atoms with van der Waals surface area (Å²) in [5, 5.41) is -5.13. The van der Waals surface area contributed by atoms with E-state index < -0.39 is 26.8 Å². The van der Waals surface area contributed by atoms with Crippen LogP contribution in [0.5, 0.6) is 0 Å². The first kappa shape index (κ1) is 14.4. The van der Waals surface area contributed by atoms with Gasteiger partial charge in [-0.15, -0.1) is 0 Å². The predicted octanol–water partition coefficient (Wildman–Crippen LogP) is 1.96. The number of hydrogen-bond acceptors (Lipinski definition) is 4. The molecule has 0 saturated carbocycles. The molecule has 0 fully saturated rings. The number of Topliss-reactive ketones (excluding diaryl/α,β-unsaturated/α-hetero) is 2. The van der Waals surface area contributed by atoms with E-state index >= 15 is 0 Å². The smallest absolute Gasteiger partial charge is 0.295 e. The molecule has 0 bridgehead atoms. The third kappa shape index (κ3) is 2.58. The van der Waals surface area contributed by atoms with E-state index in [1.54, 1.807) is 0 Å². The summed E-state index contributed by atoms with van der Waals surface area (Å²) in [5.74, 6) is -2.54. The number of benzene rings is 1. The number of rotatable bonds is 4. The highest BCUT2D eigenvalue weighted by molar-refractivity contribution is 7.88. The number of hydrogen-bond donors (Lipinski definition) is 0.